The van der Waals surface area contributed by atoms with Crippen LogP contribution in [0.25, 0.3) is 5.57 Å². The van der Waals surface area contributed by atoms with E-state index in [1.165, 1.54) is 27.7 Å². The highest BCUT2D eigenvalue weighted by molar-refractivity contribution is 6.54. The van der Waals surface area contributed by atoms with Gasteiger partial charge in [-0.2, -0.15) is 5.26 Å². The first-order chi connectivity index (χ1) is 14.0. The van der Waals surface area contributed by atoms with E-state index in [4.69, 9.17) is 9.31 Å². The van der Waals surface area contributed by atoms with Gasteiger partial charge in [0.1, 0.15) is 0 Å². The van der Waals surface area contributed by atoms with Crippen LogP contribution in [0.15, 0.2) is 35.3 Å². The molecule has 30 heavy (non-hydrogen) atoms. The van der Waals surface area contributed by atoms with Crippen molar-refractivity contribution in [1.29, 1.82) is 5.26 Å². The molecular formula is C26H34BNO2. The van der Waals surface area contributed by atoms with Crippen LogP contribution in [0.4, 0.5) is 0 Å². The van der Waals surface area contributed by atoms with Crippen molar-refractivity contribution in [2.24, 2.45) is 5.92 Å². The summed E-state index contributed by atoms with van der Waals surface area (Å²) in [6.45, 7) is 15.4. The lowest BCUT2D eigenvalue weighted by Gasteiger charge is -2.32. The molecule has 0 spiro atoms. The van der Waals surface area contributed by atoms with E-state index in [-0.39, 0.29) is 23.7 Å². The SMILES string of the molecule is CC(C)CCC1(C)C2=C(CCC(B3OC(C)(C)C(C)(C)O3)=C2)c2ccc(C#N)cc21. The third kappa shape index (κ3) is 3.27. The fourth-order valence-corrected chi connectivity index (χ4v) is 5.03. The van der Waals surface area contributed by atoms with Gasteiger partial charge in [0.2, 0.25) is 0 Å². The molecule has 3 nitrogen and oxygen atoms in total. The quantitative estimate of drug-likeness (QED) is 0.549. The minimum absolute atomic E-state index is 0.0723. The zero-order chi connectivity index (χ0) is 21.9. The van der Waals surface area contributed by atoms with Gasteiger partial charge < -0.3 is 9.31 Å². The average molecular weight is 403 g/mol. The van der Waals surface area contributed by atoms with Gasteiger partial charge in [0.25, 0.3) is 0 Å². The Labute approximate surface area is 182 Å². The molecule has 2 aliphatic carbocycles. The molecular weight excluding hydrogens is 369 g/mol. The Hall–Kier alpha value is -1.83. The molecule has 0 saturated carbocycles. The monoisotopic (exact) mass is 403 g/mol. The highest BCUT2D eigenvalue weighted by Gasteiger charge is 2.53. The maximum atomic E-state index is 9.49. The smallest absolute Gasteiger partial charge is 0.400 e. The van der Waals surface area contributed by atoms with E-state index in [0.29, 0.717) is 5.92 Å². The van der Waals surface area contributed by atoms with Crippen LogP contribution < -0.4 is 0 Å². The zero-order valence-electron chi connectivity index (χ0n) is 19.6. The molecule has 0 N–H and O–H groups in total. The molecule has 1 aromatic rings. The standard InChI is InChI=1S/C26H34BNO2/c1-17(2)12-13-26(7)22-14-18(16-28)8-10-20(22)21-11-9-19(15-23(21)26)27-29-24(3,4)25(5,6)30-27/h8,10,14-15,17H,9,11-13H2,1-7H3. The first kappa shape index (κ1) is 21.4. The van der Waals surface area contributed by atoms with Gasteiger partial charge in [-0.1, -0.05) is 32.9 Å². The number of hydrogen-bond acceptors (Lipinski definition) is 3. The van der Waals surface area contributed by atoms with E-state index in [9.17, 15) is 5.26 Å². The first-order valence-corrected chi connectivity index (χ1v) is 11.3. The number of fused-ring (bicyclic) bond motifs is 2. The topological polar surface area (TPSA) is 42.2 Å². The number of nitriles is 1. The molecule has 1 saturated heterocycles. The fourth-order valence-electron chi connectivity index (χ4n) is 5.03. The molecule has 1 fully saturated rings. The molecule has 4 rings (SSSR count). The number of benzene rings is 1. The largest absolute Gasteiger partial charge is 0.490 e. The lowest BCUT2D eigenvalue weighted by atomic mass is 9.67. The van der Waals surface area contributed by atoms with Crippen molar-refractivity contribution >= 4 is 12.7 Å². The summed E-state index contributed by atoms with van der Waals surface area (Å²) in [6.07, 6.45) is 6.56. The third-order valence-corrected chi connectivity index (χ3v) is 7.76. The fraction of sp³-hybridized carbons (Fsp3) is 0.577. The van der Waals surface area contributed by atoms with Crippen LogP contribution in [0.1, 0.15) is 90.8 Å². The van der Waals surface area contributed by atoms with Crippen molar-refractivity contribution in [3.63, 3.8) is 0 Å². The lowest BCUT2D eigenvalue weighted by Crippen LogP contribution is -2.41. The van der Waals surface area contributed by atoms with Crippen molar-refractivity contribution in [1.82, 2.24) is 0 Å². The van der Waals surface area contributed by atoms with E-state index in [1.54, 1.807) is 0 Å². The first-order valence-electron chi connectivity index (χ1n) is 11.3. The van der Waals surface area contributed by atoms with E-state index in [1.807, 2.05) is 6.07 Å². The van der Waals surface area contributed by atoms with E-state index in [0.717, 1.165) is 31.2 Å². The Kier molecular flexibility index (Phi) is 5.07. The molecule has 4 heteroatoms. The summed E-state index contributed by atoms with van der Waals surface area (Å²) in [5.41, 5.74) is 6.78. The Bertz CT molecular complexity index is 963. The molecule has 158 valence electrons. The Balaban J connectivity index is 1.76. The van der Waals surface area contributed by atoms with Crippen LogP contribution in [0.2, 0.25) is 0 Å². The molecule has 1 heterocycles. The van der Waals surface area contributed by atoms with Gasteiger partial charge >= 0.3 is 7.12 Å². The molecule has 0 radical (unpaired) electrons. The Morgan fingerprint density at radius 3 is 2.33 bits per heavy atom. The summed E-state index contributed by atoms with van der Waals surface area (Å²) >= 11 is 0. The number of nitrogens with zero attached hydrogens (tertiary/aromatic N) is 1. The Morgan fingerprint density at radius 1 is 1.07 bits per heavy atom. The molecule has 1 unspecified atom stereocenters. The maximum Gasteiger partial charge on any atom is 0.490 e. The van der Waals surface area contributed by atoms with Crippen LogP contribution >= 0.6 is 0 Å². The molecule has 1 atom stereocenters. The second kappa shape index (κ2) is 7.11. The third-order valence-electron chi connectivity index (χ3n) is 7.76. The summed E-state index contributed by atoms with van der Waals surface area (Å²) in [4.78, 5) is 0. The summed E-state index contributed by atoms with van der Waals surface area (Å²) in [7, 11) is -0.281. The van der Waals surface area contributed by atoms with Crippen molar-refractivity contribution in [2.75, 3.05) is 0 Å². The van der Waals surface area contributed by atoms with Gasteiger partial charge in [-0.15, -0.1) is 0 Å². The minimum Gasteiger partial charge on any atom is -0.400 e. The average Bonchev–Trinajstić information content (AvgIpc) is 3.06. The van der Waals surface area contributed by atoms with Gasteiger partial charge in [0, 0.05) is 5.41 Å². The van der Waals surface area contributed by atoms with Gasteiger partial charge in [-0.3, -0.25) is 0 Å². The molecule has 1 aromatic carbocycles. The second-order valence-corrected chi connectivity index (χ2v) is 10.8. The second-order valence-electron chi connectivity index (χ2n) is 10.8. The van der Waals surface area contributed by atoms with E-state index < -0.39 is 0 Å². The molecule has 0 aromatic heterocycles. The van der Waals surface area contributed by atoms with Gasteiger partial charge in [-0.25, -0.2) is 0 Å². The van der Waals surface area contributed by atoms with Crippen LogP contribution in [0.5, 0.6) is 0 Å². The molecule has 3 aliphatic rings. The van der Waals surface area contributed by atoms with Crippen molar-refractivity contribution < 1.29 is 9.31 Å². The molecule has 1 aliphatic heterocycles. The molecule has 0 bridgehead atoms. The van der Waals surface area contributed by atoms with Crippen LogP contribution in [-0.2, 0) is 14.7 Å². The van der Waals surface area contributed by atoms with Gasteiger partial charge in [-0.05, 0) is 99.2 Å². The van der Waals surface area contributed by atoms with Crippen LogP contribution in [0.3, 0.4) is 0 Å². The van der Waals surface area contributed by atoms with Gasteiger partial charge in [0.15, 0.2) is 0 Å². The Morgan fingerprint density at radius 2 is 1.73 bits per heavy atom. The summed E-state index contributed by atoms with van der Waals surface area (Å²) in [6, 6.07) is 8.59. The van der Waals surface area contributed by atoms with Crippen molar-refractivity contribution in [2.45, 2.75) is 90.8 Å². The predicted molar refractivity (Wildman–Crippen MR) is 123 cm³/mol. The zero-order valence-corrected chi connectivity index (χ0v) is 19.6. The lowest BCUT2D eigenvalue weighted by molar-refractivity contribution is 0.00578. The highest BCUT2D eigenvalue weighted by atomic mass is 16.7. The van der Waals surface area contributed by atoms with E-state index >= 15 is 0 Å². The highest BCUT2D eigenvalue weighted by Crippen LogP contribution is 2.54. The summed E-state index contributed by atoms with van der Waals surface area (Å²) < 4.78 is 12.8. The summed E-state index contributed by atoms with van der Waals surface area (Å²) in [5, 5.41) is 9.49. The van der Waals surface area contributed by atoms with Gasteiger partial charge in [0.05, 0.1) is 22.8 Å². The van der Waals surface area contributed by atoms with E-state index in [2.05, 4.69) is 72.7 Å². The van der Waals surface area contributed by atoms with Crippen LogP contribution in [0, 0.1) is 17.2 Å². The maximum absolute atomic E-state index is 9.49. The minimum atomic E-state index is -0.325. The number of allylic oxidation sites excluding steroid dienone is 4. The molecule has 0 amide bonds. The predicted octanol–water partition coefficient (Wildman–Crippen LogP) is 6.37. The number of hydrogen-bond donors (Lipinski definition) is 0. The van der Waals surface area contributed by atoms with Crippen molar-refractivity contribution in [3.05, 3.63) is 52.0 Å². The van der Waals surface area contributed by atoms with Crippen molar-refractivity contribution in [3.8, 4) is 6.07 Å². The normalized spacial score (nSPS) is 26.5. The number of rotatable bonds is 4. The van der Waals surface area contributed by atoms with Crippen LogP contribution in [-0.4, -0.2) is 18.3 Å². The summed E-state index contributed by atoms with van der Waals surface area (Å²) in [5.74, 6) is 0.643.